The molecule has 9 heteroatoms. The first kappa shape index (κ1) is 22.2. The van der Waals surface area contributed by atoms with E-state index in [9.17, 15) is 0 Å². The van der Waals surface area contributed by atoms with Crippen LogP contribution in [-0.2, 0) is 0 Å². The number of aromatic nitrogens is 5. The molecule has 4 aromatic rings. The first-order valence-electron chi connectivity index (χ1n) is 11.7. The number of nitrogens with zero attached hydrogens (tertiary/aromatic N) is 6. The molecule has 6 rings (SSSR count). The summed E-state index contributed by atoms with van der Waals surface area (Å²) >= 11 is 0. The first-order valence-corrected chi connectivity index (χ1v) is 11.7. The summed E-state index contributed by atoms with van der Waals surface area (Å²) in [6.45, 7) is 3.10. The van der Waals surface area contributed by atoms with Gasteiger partial charge in [-0.25, -0.2) is 19.9 Å². The van der Waals surface area contributed by atoms with E-state index in [4.69, 9.17) is 0 Å². The number of rotatable bonds is 3. The summed E-state index contributed by atoms with van der Waals surface area (Å²) in [5.41, 5.74) is 8.11. The molecule has 0 saturated carbocycles. The summed E-state index contributed by atoms with van der Waals surface area (Å²) in [6, 6.07) is 9.74. The third-order valence-corrected chi connectivity index (χ3v) is 7.24. The fourth-order valence-electron chi connectivity index (χ4n) is 5.92. The van der Waals surface area contributed by atoms with Gasteiger partial charge < -0.3 is 17.6 Å². The van der Waals surface area contributed by atoms with Crippen LogP contribution in [0.25, 0.3) is 22.3 Å². The average molecular weight is 480 g/mol. The highest BCUT2D eigenvalue weighted by Crippen LogP contribution is 2.49. The van der Waals surface area contributed by atoms with Crippen molar-refractivity contribution in [3.05, 3.63) is 107 Å². The van der Waals surface area contributed by atoms with E-state index in [1.807, 2.05) is 44.2 Å². The van der Waals surface area contributed by atoms with Crippen LogP contribution < -0.4 is 0 Å². The van der Waals surface area contributed by atoms with Crippen LogP contribution in [0.5, 0.6) is 0 Å². The van der Waals surface area contributed by atoms with Crippen LogP contribution in [0.3, 0.4) is 0 Å². The molecule has 0 saturated heterocycles. The summed E-state index contributed by atoms with van der Waals surface area (Å²) in [6.07, 6.45) is 9.57. The maximum Gasteiger partial charge on any atom is 0.737 e. The van der Waals surface area contributed by atoms with E-state index in [-0.39, 0.29) is 0 Å². The lowest BCUT2D eigenvalue weighted by Crippen LogP contribution is -2.51. The van der Waals surface area contributed by atoms with Crippen molar-refractivity contribution < 1.29 is 13.1 Å². The first-order chi connectivity index (χ1) is 17.3. The van der Waals surface area contributed by atoms with Gasteiger partial charge >= 0.3 is 6.97 Å². The molecule has 0 atom stereocenters. The Labute approximate surface area is 207 Å². The van der Waals surface area contributed by atoms with Crippen molar-refractivity contribution in [3.63, 3.8) is 0 Å². The van der Waals surface area contributed by atoms with Crippen LogP contribution in [-0.4, -0.2) is 41.6 Å². The Hall–Kier alpha value is -4.27. The van der Waals surface area contributed by atoms with E-state index in [1.165, 1.54) is 21.6 Å². The molecule has 2 aliphatic rings. The summed E-state index contributed by atoms with van der Waals surface area (Å²) in [4.78, 5) is 16.6. The van der Waals surface area contributed by atoms with Gasteiger partial charge in [0, 0.05) is 59.7 Å². The van der Waals surface area contributed by atoms with Gasteiger partial charge in [-0.1, -0.05) is 30.3 Å². The minimum atomic E-state index is -4.21. The van der Waals surface area contributed by atoms with Crippen LogP contribution in [0.15, 0.2) is 79.0 Å². The zero-order valence-corrected chi connectivity index (χ0v) is 20.4. The topological polar surface area (TPSA) is 59.5 Å². The maximum atomic E-state index is 16.7. The summed E-state index contributed by atoms with van der Waals surface area (Å²) in [5, 5.41) is 0. The number of fused-ring (bicyclic) bond motifs is 2. The maximum absolute atomic E-state index is 16.7. The fourth-order valence-corrected chi connectivity index (χ4v) is 5.92. The molecule has 36 heavy (non-hydrogen) atoms. The van der Waals surface area contributed by atoms with Crippen LogP contribution in [0.1, 0.15) is 41.9 Å². The predicted octanol–water partition coefficient (Wildman–Crippen LogP) is 5.31. The van der Waals surface area contributed by atoms with Crippen LogP contribution in [0.2, 0.25) is 0 Å². The van der Waals surface area contributed by atoms with E-state index >= 15 is 8.63 Å². The summed E-state index contributed by atoms with van der Waals surface area (Å²) in [5.74, 6) is 0. The van der Waals surface area contributed by atoms with Crippen molar-refractivity contribution in [1.82, 2.24) is 24.4 Å². The molecular formula is C27H23BF2N6. The molecule has 2 aliphatic heterocycles. The highest BCUT2D eigenvalue weighted by atomic mass is 19.2. The third-order valence-electron chi connectivity index (χ3n) is 7.24. The molecule has 1 aromatic carbocycles. The number of hydrogen-bond acceptors (Lipinski definition) is 4. The number of hydrogen-bond donors (Lipinski definition) is 0. The smallest absolute Gasteiger partial charge is 0.393 e. The molecule has 3 aromatic heterocycles. The molecule has 0 radical (unpaired) electrons. The minimum Gasteiger partial charge on any atom is -0.393 e. The monoisotopic (exact) mass is 480 g/mol. The van der Waals surface area contributed by atoms with Gasteiger partial charge in [0.2, 0.25) is 0 Å². The second-order valence-corrected chi connectivity index (χ2v) is 9.19. The Morgan fingerprint density at radius 1 is 0.750 bits per heavy atom. The molecule has 6 nitrogen and oxygen atoms in total. The lowest BCUT2D eigenvalue weighted by Gasteiger charge is -2.34. The molecule has 0 bridgehead atoms. The van der Waals surface area contributed by atoms with Crippen LogP contribution in [0, 0.1) is 13.8 Å². The van der Waals surface area contributed by atoms with Crippen molar-refractivity contribution in [2.45, 2.75) is 27.7 Å². The normalized spacial score (nSPS) is 16.5. The Kier molecular flexibility index (Phi) is 4.86. The molecule has 5 heterocycles. The van der Waals surface area contributed by atoms with Crippen molar-refractivity contribution in [2.75, 3.05) is 0 Å². The van der Waals surface area contributed by atoms with Crippen molar-refractivity contribution in [1.29, 1.82) is 0 Å². The van der Waals surface area contributed by atoms with Gasteiger partial charge in [-0.3, -0.25) is 0 Å². The molecule has 0 amide bonds. The molecule has 0 aliphatic carbocycles. The van der Waals surface area contributed by atoms with E-state index in [0.717, 1.165) is 33.4 Å². The highest BCUT2D eigenvalue weighted by Gasteiger charge is 2.57. The van der Waals surface area contributed by atoms with Gasteiger partial charge in [-0.2, -0.15) is 0 Å². The third kappa shape index (κ3) is 2.92. The lowest BCUT2D eigenvalue weighted by molar-refractivity contribution is -0.363. The van der Waals surface area contributed by atoms with Crippen molar-refractivity contribution >= 4 is 23.8 Å². The van der Waals surface area contributed by atoms with E-state index < -0.39 is 6.97 Å². The van der Waals surface area contributed by atoms with Crippen LogP contribution in [0.4, 0.5) is 8.63 Å². The quantitative estimate of drug-likeness (QED) is 0.373. The zero-order valence-electron chi connectivity index (χ0n) is 20.4. The SMILES string of the molecule is CC1=C(c2cncnc2)C(C)=[N+]2C1=C(c1ccccc1)c1c(C)c(-c3cncnc3)c(C)n1[B-]2(F)F. The molecule has 0 unspecified atom stereocenters. The Balaban J connectivity index is 1.77. The second-order valence-electron chi connectivity index (χ2n) is 9.19. The van der Waals surface area contributed by atoms with Gasteiger partial charge in [0.25, 0.3) is 0 Å². The fraction of sp³-hybridized carbons (Fsp3) is 0.148. The Morgan fingerprint density at radius 2 is 1.33 bits per heavy atom. The van der Waals surface area contributed by atoms with Crippen molar-refractivity contribution in [3.8, 4) is 11.1 Å². The zero-order chi connectivity index (χ0) is 25.2. The summed E-state index contributed by atoms with van der Waals surface area (Å²) < 4.78 is 35.9. The van der Waals surface area contributed by atoms with Crippen molar-refractivity contribution in [2.24, 2.45) is 0 Å². The lowest BCUT2D eigenvalue weighted by atomic mass is 9.83. The average Bonchev–Trinajstić information content (AvgIpc) is 3.31. The summed E-state index contributed by atoms with van der Waals surface area (Å²) in [7, 11) is 0. The highest BCUT2D eigenvalue weighted by molar-refractivity contribution is 6.59. The van der Waals surface area contributed by atoms with Gasteiger partial charge in [0.15, 0.2) is 5.70 Å². The Bertz CT molecular complexity index is 1620. The molecule has 0 N–H and O–H groups in total. The van der Waals surface area contributed by atoms with Gasteiger partial charge in [0.1, 0.15) is 18.4 Å². The second kappa shape index (κ2) is 7.88. The minimum absolute atomic E-state index is 0.483. The number of halogens is 2. The molecule has 0 fully saturated rings. The molecular weight excluding hydrogens is 457 g/mol. The predicted molar refractivity (Wildman–Crippen MR) is 136 cm³/mol. The van der Waals surface area contributed by atoms with E-state index in [2.05, 4.69) is 19.9 Å². The number of benzene rings is 1. The largest absolute Gasteiger partial charge is 0.737 e. The van der Waals surface area contributed by atoms with Crippen LogP contribution >= 0.6 is 0 Å². The van der Waals surface area contributed by atoms with E-state index in [0.29, 0.717) is 33.9 Å². The molecule has 178 valence electrons. The Morgan fingerprint density at radius 3 is 1.94 bits per heavy atom. The van der Waals surface area contributed by atoms with Gasteiger partial charge in [-0.15, -0.1) is 0 Å². The molecule has 0 spiro atoms. The standard InChI is InChI=1S/C27H23BF2N6/c1-16-23(21-10-31-14-32-11-21)18(3)35-26(16)25(20-8-6-5-7-9-20)27-17(2)24(22-12-33-15-34-13-22)19(4)36(27)28(35,29)30/h5-15H,1-4H3. The van der Waals surface area contributed by atoms with Gasteiger partial charge in [-0.05, 0) is 37.6 Å². The van der Waals surface area contributed by atoms with E-state index in [1.54, 1.807) is 38.6 Å². The number of allylic oxidation sites excluding steroid dienone is 2. The van der Waals surface area contributed by atoms with Gasteiger partial charge in [0.05, 0.1) is 11.1 Å².